The van der Waals surface area contributed by atoms with Crippen molar-refractivity contribution in [2.75, 3.05) is 0 Å². The van der Waals surface area contributed by atoms with Crippen LogP contribution in [-0.2, 0) is 4.74 Å². The molecule has 3 nitrogen and oxygen atoms in total. The number of hydrogen-bond acceptors (Lipinski definition) is 2. The second-order valence-electron chi connectivity index (χ2n) is 5.71. The molecule has 0 N–H and O–H groups in total. The van der Waals surface area contributed by atoms with Crippen molar-refractivity contribution < 1.29 is 9.53 Å². The van der Waals surface area contributed by atoms with E-state index in [0.29, 0.717) is 0 Å². The molecule has 106 valence electrons. The highest BCUT2D eigenvalue weighted by molar-refractivity contribution is 14.1. The summed E-state index contributed by atoms with van der Waals surface area (Å²) in [4.78, 5) is 12.3. The van der Waals surface area contributed by atoms with Gasteiger partial charge in [0.05, 0.1) is 5.69 Å². The molecule has 2 aromatic rings. The molecule has 1 aromatic heterocycles. The van der Waals surface area contributed by atoms with Crippen LogP contribution in [0, 0.1) is 10.5 Å². The van der Waals surface area contributed by atoms with E-state index in [9.17, 15) is 4.79 Å². The van der Waals surface area contributed by atoms with Gasteiger partial charge in [0.25, 0.3) is 0 Å². The van der Waals surface area contributed by atoms with Crippen LogP contribution in [0.2, 0.25) is 0 Å². The van der Waals surface area contributed by atoms with Gasteiger partial charge in [-0.15, -0.1) is 0 Å². The van der Waals surface area contributed by atoms with E-state index in [1.54, 1.807) is 10.8 Å². The van der Waals surface area contributed by atoms with Gasteiger partial charge in [0.1, 0.15) is 5.60 Å². The van der Waals surface area contributed by atoms with E-state index in [-0.39, 0.29) is 6.09 Å². The Morgan fingerprint density at radius 1 is 1.25 bits per heavy atom. The molecule has 0 bridgehead atoms. The van der Waals surface area contributed by atoms with Crippen LogP contribution in [0.4, 0.5) is 4.79 Å². The van der Waals surface area contributed by atoms with Gasteiger partial charge in [-0.2, -0.15) is 0 Å². The van der Waals surface area contributed by atoms with Crippen molar-refractivity contribution in [3.63, 3.8) is 0 Å². The Morgan fingerprint density at radius 2 is 1.90 bits per heavy atom. The molecule has 20 heavy (non-hydrogen) atoms. The smallest absolute Gasteiger partial charge is 0.419 e. The van der Waals surface area contributed by atoms with Crippen molar-refractivity contribution in [3.05, 3.63) is 45.7 Å². The quantitative estimate of drug-likeness (QED) is 0.660. The van der Waals surface area contributed by atoms with Gasteiger partial charge in [-0.3, -0.25) is 4.57 Å². The molecular weight excluding hydrogens is 365 g/mol. The molecule has 0 amide bonds. The maximum absolute atomic E-state index is 12.3. The van der Waals surface area contributed by atoms with Gasteiger partial charge >= 0.3 is 6.09 Å². The predicted octanol–water partition coefficient (Wildman–Crippen LogP) is 4.85. The van der Waals surface area contributed by atoms with Gasteiger partial charge in [-0.1, -0.05) is 24.3 Å². The first kappa shape index (κ1) is 15.1. The summed E-state index contributed by atoms with van der Waals surface area (Å²) in [5, 5.41) is 0. The Kier molecular flexibility index (Phi) is 4.22. The number of aromatic nitrogens is 1. The van der Waals surface area contributed by atoms with Gasteiger partial charge in [0, 0.05) is 15.3 Å². The van der Waals surface area contributed by atoms with Crippen molar-refractivity contribution in [1.29, 1.82) is 0 Å². The summed E-state index contributed by atoms with van der Waals surface area (Å²) >= 11 is 2.21. The predicted molar refractivity (Wildman–Crippen MR) is 89.0 cm³/mol. The summed E-state index contributed by atoms with van der Waals surface area (Å²) in [6, 6.07) is 10.0. The van der Waals surface area contributed by atoms with Crippen LogP contribution in [-0.4, -0.2) is 16.3 Å². The van der Waals surface area contributed by atoms with Gasteiger partial charge in [-0.25, -0.2) is 4.79 Å². The van der Waals surface area contributed by atoms with Crippen LogP contribution in [0.25, 0.3) is 11.3 Å². The van der Waals surface area contributed by atoms with E-state index in [1.807, 2.05) is 58.0 Å². The van der Waals surface area contributed by atoms with Crippen molar-refractivity contribution in [2.45, 2.75) is 33.3 Å². The highest BCUT2D eigenvalue weighted by atomic mass is 127. The molecule has 1 heterocycles. The summed E-state index contributed by atoms with van der Waals surface area (Å²) in [6.45, 7) is 7.64. The van der Waals surface area contributed by atoms with Crippen LogP contribution in [0.1, 0.15) is 26.3 Å². The van der Waals surface area contributed by atoms with Gasteiger partial charge in [0.2, 0.25) is 0 Å². The monoisotopic (exact) mass is 383 g/mol. The summed E-state index contributed by atoms with van der Waals surface area (Å²) in [5.41, 5.74) is 2.53. The SMILES string of the molecule is Cc1ccccc1-c1cc(I)cn1C(=O)OC(C)(C)C. The van der Waals surface area contributed by atoms with Gasteiger partial charge < -0.3 is 4.74 Å². The van der Waals surface area contributed by atoms with E-state index < -0.39 is 5.60 Å². The van der Waals surface area contributed by atoms with Gasteiger partial charge in [-0.05, 0) is 61.9 Å². The lowest BCUT2D eigenvalue weighted by atomic mass is 10.1. The minimum absolute atomic E-state index is 0.348. The third-order valence-corrected chi connectivity index (χ3v) is 3.39. The van der Waals surface area contributed by atoms with E-state index in [4.69, 9.17) is 4.74 Å². The molecule has 0 aliphatic carbocycles. The third-order valence-electron chi connectivity index (χ3n) is 2.80. The van der Waals surface area contributed by atoms with Crippen molar-refractivity contribution >= 4 is 28.7 Å². The highest BCUT2D eigenvalue weighted by Crippen LogP contribution is 2.27. The molecule has 2 rings (SSSR count). The fourth-order valence-electron chi connectivity index (χ4n) is 1.96. The van der Waals surface area contributed by atoms with Crippen LogP contribution in [0.3, 0.4) is 0 Å². The van der Waals surface area contributed by atoms with E-state index >= 15 is 0 Å². The first-order valence-electron chi connectivity index (χ1n) is 6.45. The normalized spacial score (nSPS) is 11.4. The maximum atomic E-state index is 12.3. The van der Waals surface area contributed by atoms with Gasteiger partial charge in [0.15, 0.2) is 0 Å². The van der Waals surface area contributed by atoms with Crippen molar-refractivity contribution in [3.8, 4) is 11.3 Å². The zero-order chi connectivity index (χ0) is 14.9. The number of carbonyl (C=O) groups is 1. The van der Waals surface area contributed by atoms with Crippen LogP contribution >= 0.6 is 22.6 Å². The standard InChI is InChI=1S/C16H18INO2/c1-11-7-5-6-8-13(11)14-9-12(17)10-18(14)15(19)20-16(2,3)4/h5-10H,1-4H3. The molecule has 4 heteroatoms. The molecule has 1 aromatic carbocycles. The maximum Gasteiger partial charge on any atom is 0.419 e. The molecule has 0 saturated heterocycles. The minimum Gasteiger partial charge on any atom is -0.443 e. The lowest BCUT2D eigenvalue weighted by Gasteiger charge is -2.20. The number of rotatable bonds is 1. The Morgan fingerprint density at radius 3 is 2.50 bits per heavy atom. The zero-order valence-electron chi connectivity index (χ0n) is 12.1. The van der Waals surface area contributed by atoms with Crippen LogP contribution in [0.5, 0.6) is 0 Å². The fourth-order valence-corrected chi connectivity index (χ4v) is 2.53. The Labute approximate surface area is 133 Å². The molecule has 0 fully saturated rings. The Bertz CT molecular complexity index is 638. The molecule has 0 spiro atoms. The lowest BCUT2D eigenvalue weighted by Crippen LogP contribution is -2.27. The molecule has 0 unspecified atom stereocenters. The number of halogens is 1. The molecule has 0 aliphatic heterocycles. The molecular formula is C16H18INO2. The Balaban J connectivity index is 2.46. The minimum atomic E-state index is -0.504. The van der Waals surface area contributed by atoms with Crippen molar-refractivity contribution in [2.24, 2.45) is 0 Å². The van der Waals surface area contributed by atoms with E-state index in [2.05, 4.69) is 22.6 Å². The third kappa shape index (κ3) is 3.42. The summed E-state index contributed by atoms with van der Waals surface area (Å²) in [5.74, 6) is 0. The Hall–Kier alpha value is -1.30. The number of benzene rings is 1. The number of carbonyl (C=O) groups excluding carboxylic acids is 1. The van der Waals surface area contributed by atoms with Crippen LogP contribution < -0.4 is 0 Å². The van der Waals surface area contributed by atoms with E-state index in [1.165, 1.54) is 0 Å². The molecule has 0 aliphatic rings. The fraction of sp³-hybridized carbons (Fsp3) is 0.312. The lowest BCUT2D eigenvalue weighted by molar-refractivity contribution is 0.0540. The topological polar surface area (TPSA) is 31.2 Å². The largest absolute Gasteiger partial charge is 0.443 e. The van der Waals surface area contributed by atoms with E-state index in [0.717, 1.165) is 20.4 Å². The number of hydrogen-bond donors (Lipinski definition) is 0. The number of ether oxygens (including phenoxy) is 1. The summed E-state index contributed by atoms with van der Waals surface area (Å²) < 4.78 is 8.04. The molecule has 0 atom stereocenters. The van der Waals surface area contributed by atoms with Crippen molar-refractivity contribution in [1.82, 2.24) is 4.57 Å². The second-order valence-corrected chi connectivity index (χ2v) is 6.95. The summed E-state index contributed by atoms with van der Waals surface area (Å²) in [7, 11) is 0. The molecule has 0 saturated carbocycles. The number of aryl methyl sites for hydroxylation is 1. The molecule has 0 radical (unpaired) electrons. The second kappa shape index (κ2) is 5.60. The first-order chi connectivity index (χ1) is 9.28. The van der Waals surface area contributed by atoms with Crippen LogP contribution in [0.15, 0.2) is 36.5 Å². The first-order valence-corrected chi connectivity index (χ1v) is 7.53. The summed E-state index contributed by atoms with van der Waals surface area (Å²) in [6.07, 6.45) is 1.45. The number of nitrogens with zero attached hydrogens (tertiary/aromatic N) is 1. The average Bonchev–Trinajstić information content (AvgIpc) is 2.69. The highest BCUT2D eigenvalue weighted by Gasteiger charge is 2.21. The zero-order valence-corrected chi connectivity index (χ0v) is 14.3. The average molecular weight is 383 g/mol.